The molecule has 0 unspecified atom stereocenters. The van der Waals surface area contributed by atoms with Gasteiger partial charge in [0.15, 0.2) is 0 Å². The predicted octanol–water partition coefficient (Wildman–Crippen LogP) is 3.37. The van der Waals surface area contributed by atoms with E-state index in [0.29, 0.717) is 42.4 Å². The Hall–Kier alpha value is -1.89. The maximum absolute atomic E-state index is 12.7. The minimum absolute atomic E-state index is 0.0302. The Labute approximate surface area is 165 Å². The number of hydrogen-bond acceptors (Lipinski definition) is 3. The molecule has 0 aromatic heterocycles. The third kappa shape index (κ3) is 4.89. The number of benzene rings is 2. The number of sulfonamides is 1. The van der Waals surface area contributed by atoms with Crippen LogP contribution >= 0.6 is 11.6 Å². The van der Waals surface area contributed by atoms with Gasteiger partial charge in [-0.05, 0) is 49.6 Å². The van der Waals surface area contributed by atoms with Crippen LogP contribution in [-0.4, -0.2) is 31.7 Å². The molecule has 5 nitrogen and oxygen atoms in total. The number of nitrogens with one attached hydrogen (secondary N) is 1. The molecule has 0 atom stereocenters. The van der Waals surface area contributed by atoms with E-state index in [1.54, 1.807) is 36.4 Å². The van der Waals surface area contributed by atoms with Gasteiger partial charge in [-0.1, -0.05) is 41.4 Å². The molecule has 27 heavy (non-hydrogen) atoms. The summed E-state index contributed by atoms with van der Waals surface area (Å²) in [6.45, 7) is 3.08. The molecule has 0 spiro atoms. The lowest BCUT2D eigenvalue weighted by Gasteiger charge is -2.30. The molecule has 2 aromatic rings. The van der Waals surface area contributed by atoms with E-state index in [1.165, 1.54) is 4.31 Å². The number of rotatable bonds is 5. The van der Waals surface area contributed by atoms with Gasteiger partial charge >= 0.3 is 0 Å². The van der Waals surface area contributed by atoms with Crippen LogP contribution in [0.1, 0.15) is 24.0 Å². The summed E-state index contributed by atoms with van der Waals surface area (Å²) >= 11 is 5.86. The Morgan fingerprint density at radius 3 is 2.26 bits per heavy atom. The zero-order valence-electron chi connectivity index (χ0n) is 15.2. The van der Waals surface area contributed by atoms with Crippen molar-refractivity contribution in [2.24, 2.45) is 5.92 Å². The molecule has 1 aliphatic heterocycles. The SMILES string of the molecule is Cc1ccc(S(=O)(=O)N2CCC(C(=O)NCc3ccc(Cl)cc3)CC2)cc1. The predicted molar refractivity (Wildman–Crippen MR) is 106 cm³/mol. The lowest BCUT2D eigenvalue weighted by Crippen LogP contribution is -2.42. The van der Waals surface area contributed by atoms with Gasteiger partial charge in [0.2, 0.25) is 15.9 Å². The summed E-state index contributed by atoms with van der Waals surface area (Å²) in [6.07, 6.45) is 1.05. The van der Waals surface area contributed by atoms with E-state index in [2.05, 4.69) is 5.32 Å². The second kappa shape index (κ2) is 8.42. The van der Waals surface area contributed by atoms with Gasteiger partial charge in [0.1, 0.15) is 0 Å². The highest BCUT2D eigenvalue weighted by Crippen LogP contribution is 2.24. The number of hydrogen-bond donors (Lipinski definition) is 1. The van der Waals surface area contributed by atoms with E-state index in [0.717, 1.165) is 11.1 Å². The number of amides is 1. The number of aryl methyl sites for hydroxylation is 1. The van der Waals surface area contributed by atoms with Crippen molar-refractivity contribution in [1.29, 1.82) is 0 Å². The minimum atomic E-state index is -3.50. The second-order valence-corrected chi connectivity index (χ2v) is 9.21. The van der Waals surface area contributed by atoms with Crippen LogP contribution in [0.5, 0.6) is 0 Å². The fourth-order valence-electron chi connectivity index (χ4n) is 3.15. The highest BCUT2D eigenvalue weighted by atomic mass is 35.5. The monoisotopic (exact) mass is 406 g/mol. The maximum atomic E-state index is 12.7. The van der Waals surface area contributed by atoms with Crippen LogP contribution in [0.4, 0.5) is 0 Å². The van der Waals surface area contributed by atoms with Crippen molar-refractivity contribution in [2.45, 2.75) is 31.2 Å². The standard InChI is InChI=1S/C20H23ClN2O3S/c1-15-2-8-19(9-3-15)27(25,26)23-12-10-17(11-13-23)20(24)22-14-16-4-6-18(21)7-5-16/h2-9,17H,10-14H2,1H3,(H,22,24). The molecule has 1 fully saturated rings. The van der Waals surface area contributed by atoms with E-state index < -0.39 is 10.0 Å². The van der Waals surface area contributed by atoms with Crippen LogP contribution in [0.15, 0.2) is 53.4 Å². The first kappa shape index (κ1) is 19.9. The first-order valence-electron chi connectivity index (χ1n) is 8.95. The van der Waals surface area contributed by atoms with Crippen LogP contribution in [0, 0.1) is 12.8 Å². The molecule has 7 heteroatoms. The molecule has 144 valence electrons. The van der Waals surface area contributed by atoms with Crippen LogP contribution in [-0.2, 0) is 21.4 Å². The Kier molecular flexibility index (Phi) is 6.19. The van der Waals surface area contributed by atoms with Crippen molar-refractivity contribution < 1.29 is 13.2 Å². The number of piperidine rings is 1. The van der Waals surface area contributed by atoms with E-state index in [9.17, 15) is 13.2 Å². The van der Waals surface area contributed by atoms with Crippen molar-refractivity contribution in [3.8, 4) is 0 Å². The van der Waals surface area contributed by atoms with E-state index >= 15 is 0 Å². The quantitative estimate of drug-likeness (QED) is 0.827. The van der Waals surface area contributed by atoms with E-state index in [4.69, 9.17) is 11.6 Å². The highest BCUT2D eigenvalue weighted by Gasteiger charge is 2.31. The van der Waals surface area contributed by atoms with Crippen LogP contribution in [0.2, 0.25) is 5.02 Å². The Bertz CT molecular complexity index is 888. The first-order chi connectivity index (χ1) is 12.9. The smallest absolute Gasteiger partial charge is 0.243 e. The third-order valence-electron chi connectivity index (χ3n) is 4.86. The topological polar surface area (TPSA) is 66.5 Å². The average molecular weight is 407 g/mol. The van der Waals surface area contributed by atoms with Gasteiger partial charge in [0.05, 0.1) is 4.90 Å². The fraction of sp³-hybridized carbons (Fsp3) is 0.350. The fourth-order valence-corrected chi connectivity index (χ4v) is 4.75. The molecule has 1 amide bonds. The number of nitrogens with zero attached hydrogens (tertiary/aromatic N) is 1. The molecular weight excluding hydrogens is 384 g/mol. The molecule has 0 radical (unpaired) electrons. The first-order valence-corrected chi connectivity index (χ1v) is 10.8. The van der Waals surface area contributed by atoms with Crippen molar-refractivity contribution in [3.05, 3.63) is 64.7 Å². The van der Waals surface area contributed by atoms with Gasteiger partial charge in [0.25, 0.3) is 0 Å². The summed E-state index contributed by atoms with van der Waals surface area (Å²) < 4.78 is 26.9. The lowest BCUT2D eigenvalue weighted by molar-refractivity contribution is -0.126. The van der Waals surface area contributed by atoms with Gasteiger partial charge in [-0.3, -0.25) is 4.79 Å². The summed E-state index contributed by atoms with van der Waals surface area (Å²) in [7, 11) is -3.50. The van der Waals surface area contributed by atoms with E-state index in [-0.39, 0.29) is 11.8 Å². The Balaban J connectivity index is 1.54. The minimum Gasteiger partial charge on any atom is -0.352 e. The molecule has 0 saturated carbocycles. The summed E-state index contributed by atoms with van der Waals surface area (Å²) in [5.41, 5.74) is 2.00. The number of halogens is 1. The molecular formula is C20H23ClN2O3S. The normalized spacial score (nSPS) is 16.2. The second-order valence-electron chi connectivity index (χ2n) is 6.84. The number of carbonyl (C=O) groups excluding carboxylic acids is 1. The Morgan fingerprint density at radius 2 is 1.67 bits per heavy atom. The average Bonchev–Trinajstić information content (AvgIpc) is 2.68. The van der Waals surface area contributed by atoms with Gasteiger partial charge in [-0.2, -0.15) is 4.31 Å². The van der Waals surface area contributed by atoms with Crippen molar-refractivity contribution in [2.75, 3.05) is 13.1 Å². The molecule has 0 bridgehead atoms. The lowest BCUT2D eigenvalue weighted by atomic mass is 9.97. The zero-order chi connectivity index (χ0) is 19.4. The van der Waals surface area contributed by atoms with Gasteiger partial charge in [-0.25, -0.2) is 8.42 Å². The van der Waals surface area contributed by atoms with Crippen LogP contribution < -0.4 is 5.32 Å². The van der Waals surface area contributed by atoms with Gasteiger partial charge in [-0.15, -0.1) is 0 Å². The van der Waals surface area contributed by atoms with Crippen molar-refractivity contribution in [3.63, 3.8) is 0 Å². The third-order valence-corrected chi connectivity index (χ3v) is 7.03. The summed E-state index contributed by atoms with van der Waals surface area (Å²) in [5.74, 6) is -0.195. The molecule has 1 aliphatic rings. The molecule has 1 saturated heterocycles. The molecule has 2 aromatic carbocycles. The molecule has 1 heterocycles. The zero-order valence-corrected chi connectivity index (χ0v) is 16.8. The van der Waals surface area contributed by atoms with Crippen LogP contribution in [0.25, 0.3) is 0 Å². The van der Waals surface area contributed by atoms with E-state index in [1.807, 2.05) is 19.1 Å². The molecule has 0 aliphatic carbocycles. The van der Waals surface area contributed by atoms with Gasteiger partial charge < -0.3 is 5.32 Å². The highest BCUT2D eigenvalue weighted by molar-refractivity contribution is 7.89. The van der Waals surface area contributed by atoms with Gasteiger partial charge in [0, 0.05) is 30.6 Å². The maximum Gasteiger partial charge on any atom is 0.243 e. The summed E-state index contributed by atoms with van der Waals surface area (Å²) in [5, 5.41) is 3.59. The van der Waals surface area contributed by atoms with Crippen LogP contribution in [0.3, 0.4) is 0 Å². The van der Waals surface area contributed by atoms with Crippen molar-refractivity contribution >= 4 is 27.5 Å². The molecule has 3 rings (SSSR count). The number of carbonyl (C=O) groups is 1. The van der Waals surface area contributed by atoms with Crippen molar-refractivity contribution in [1.82, 2.24) is 9.62 Å². The summed E-state index contributed by atoms with van der Waals surface area (Å²) in [4.78, 5) is 12.7. The summed E-state index contributed by atoms with van der Waals surface area (Å²) in [6, 6.07) is 14.2. The Morgan fingerprint density at radius 1 is 1.07 bits per heavy atom. The largest absolute Gasteiger partial charge is 0.352 e. The molecule has 1 N–H and O–H groups in total.